The molecule has 0 aromatic heterocycles. The van der Waals surface area contributed by atoms with Crippen molar-refractivity contribution in [3.8, 4) is 0 Å². The molecule has 0 aromatic carbocycles. The molecule has 6 nitrogen and oxygen atoms in total. The summed E-state index contributed by atoms with van der Waals surface area (Å²) in [5.41, 5.74) is -0.00315. The van der Waals surface area contributed by atoms with Gasteiger partial charge < -0.3 is 20.3 Å². The number of rotatable bonds is 6. The maximum absolute atomic E-state index is 11.7. The Morgan fingerprint density at radius 1 is 1.30 bits per heavy atom. The van der Waals surface area contributed by atoms with Crippen LogP contribution in [0, 0.1) is 5.41 Å². The number of hydrogen-bond donors (Lipinski definition) is 2. The Kier molecular flexibility index (Phi) is 8.76. The maximum atomic E-state index is 11.7. The van der Waals surface area contributed by atoms with Gasteiger partial charge in [0.1, 0.15) is 6.42 Å². The lowest BCUT2D eigenvalue weighted by molar-refractivity contribution is -0.134. The summed E-state index contributed by atoms with van der Waals surface area (Å²) in [4.78, 5) is 24.6. The second kappa shape index (κ2) is 9.15. The van der Waals surface area contributed by atoms with Gasteiger partial charge in [-0.1, -0.05) is 0 Å². The molecule has 7 heteroatoms. The lowest BCUT2D eigenvalue weighted by Gasteiger charge is -2.37. The molecule has 1 fully saturated rings. The van der Waals surface area contributed by atoms with Crippen molar-refractivity contribution in [1.82, 2.24) is 15.5 Å². The number of methoxy groups -OCH3 is 1. The molecule has 2 amide bonds. The zero-order valence-electron chi connectivity index (χ0n) is 12.5. The molecule has 2 N–H and O–H groups in total. The zero-order chi connectivity index (χ0) is 14.3. The summed E-state index contributed by atoms with van der Waals surface area (Å²) in [5, 5.41) is 6.17. The van der Waals surface area contributed by atoms with Crippen LogP contribution in [0.25, 0.3) is 0 Å². The van der Waals surface area contributed by atoms with E-state index in [1.807, 2.05) is 0 Å². The molecule has 0 aliphatic carbocycles. The van der Waals surface area contributed by atoms with Crippen molar-refractivity contribution in [2.75, 3.05) is 47.4 Å². The van der Waals surface area contributed by atoms with Crippen LogP contribution in [0.1, 0.15) is 19.3 Å². The van der Waals surface area contributed by atoms with Crippen LogP contribution in [0.15, 0.2) is 0 Å². The van der Waals surface area contributed by atoms with E-state index in [4.69, 9.17) is 4.74 Å². The minimum absolute atomic E-state index is 0. The first-order chi connectivity index (χ1) is 8.99. The molecule has 1 saturated heterocycles. The number of nitrogens with one attached hydrogen (secondary N) is 2. The number of ether oxygens (including phenoxy) is 1. The minimum Gasteiger partial charge on any atom is -0.384 e. The molecule has 1 heterocycles. The minimum atomic E-state index is -0.215. The van der Waals surface area contributed by atoms with Crippen LogP contribution in [0.2, 0.25) is 0 Å². The van der Waals surface area contributed by atoms with Crippen molar-refractivity contribution >= 4 is 24.2 Å². The standard InChI is InChI=1S/C13H25N3O3.ClH/c1-16(2)12(18)8-11(17)15-9-13(10-19-3)4-6-14-7-5-13;/h14H,4-10H2,1-3H3,(H,15,17);1H. The van der Waals surface area contributed by atoms with Crippen LogP contribution in [0.3, 0.4) is 0 Å². The van der Waals surface area contributed by atoms with Gasteiger partial charge in [0, 0.05) is 33.2 Å². The molecule has 0 bridgehead atoms. The van der Waals surface area contributed by atoms with Crippen LogP contribution in [0.5, 0.6) is 0 Å². The number of nitrogens with zero attached hydrogens (tertiary/aromatic N) is 1. The van der Waals surface area contributed by atoms with E-state index in [0.717, 1.165) is 25.9 Å². The van der Waals surface area contributed by atoms with Gasteiger partial charge in [-0.2, -0.15) is 0 Å². The van der Waals surface area contributed by atoms with Gasteiger partial charge in [0.15, 0.2) is 0 Å². The number of carbonyl (C=O) groups excluding carboxylic acids is 2. The highest BCUT2D eigenvalue weighted by molar-refractivity contribution is 5.96. The monoisotopic (exact) mass is 307 g/mol. The fourth-order valence-corrected chi connectivity index (χ4v) is 2.28. The number of halogens is 1. The summed E-state index contributed by atoms with van der Waals surface area (Å²) < 4.78 is 5.28. The highest BCUT2D eigenvalue weighted by atomic mass is 35.5. The van der Waals surface area contributed by atoms with E-state index in [-0.39, 0.29) is 36.1 Å². The Morgan fingerprint density at radius 3 is 2.40 bits per heavy atom. The van der Waals surface area contributed by atoms with E-state index < -0.39 is 0 Å². The molecule has 0 spiro atoms. The summed E-state index contributed by atoms with van der Waals surface area (Å²) in [6.07, 6.45) is 1.86. The Balaban J connectivity index is 0.00000361. The Labute approximate surface area is 127 Å². The fraction of sp³-hybridized carbons (Fsp3) is 0.846. The first kappa shape index (κ1) is 19.1. The smallest absolute Gasteiger partial charge is 0.231 e. The number of hydrogen-bond acceptors (Lipinski definition) is 4. The quantitative estimate of drug-likeness (QED) is 0.679. The zero-order valence-corrected chi connectivity index (χ0v) is 13.3. The van der Waals surface area contributed by atoms with Crippen molar-refractivity contribution < 1.29 is 14.3 Å². The van der Waals surface area contributed by atoms with Gasteiger partial charge in [-0.3, -0.25) is 9.59 Å². The van der Waals surface area contributed by atoms with Gasteiger partial charge in [-0.25, -0.2) is 0 Å². The molecule has 0 aromatic rings. The molecule has 118 valence electrons. The molecule has 0 atom stereocenters. The molecule has 0 radical (unpaired) electrons. The summed E-state index contributed by atoms with van der Waals surface area (Å²) in [6.45, 7) is 3.09. The summed E-state index contributed by atoms with van der Waals surface area (Å²) in [6, 6.07) is 0. The van der Waals surface area contributed by atoms with E-state index in [0.29, 0.717) is 13.2 Å². The van der Waals surface area contributed by atoms with Crippen molar-refractivity contribution in [3.05, 3.63) is 0 Å². The highest BCUT2D eigenvalue weighted by Crippen LogP contribution is 2.28. The molecule has 1 aliphatic heterocycles. The molecule has 0 saturated carbocycles. The van der Waals surface area contributed by atoms with Gasteiger partial charge in [-0.05, 0) is 25.9 Å². The molecular weight excluding hydrogens is 282 g/mol. The van der Waals surface area contributed by atoms with Gasteiger partial charge >= 0.3 is 0 Å². The van der Waals surface area contributed by atoms with Crippen LogP contribution in [0.4, 0.5) is 0 Å². The SMILES string of the molecule is COCC1(CNC(=O)CC(=O)N(C)C)CCNCC1.Cl. The normalized spacial score (nSPS) is 16.9. The van der Waals surface area contributed by atoms with E-state index in [9.17, 15) is 9.59 Å². The van der Waals surface area contributed by atoms with E-state index >= 15 is 0 Å². The largest absolute Gasteiger partial charge is 0.384 e. The van der Waals surface area contributed by atoms with Gasteiger partial charge in [0.2, 0.25) is 11.8 Å². The third kappa shape index (κ3) is 6.07. The second-order valence-electron chi connectivity index (χ2n) is 5.42. The van der Waals surface area contributed by atoms with Crippen LogP contribution in [-0.4, -0.2) is 64.2 Å². The van der Waals surface area contributed by atoms with E-state index in [1.165, 1.54) is 4.90 Å². The van der Waals surface area contributed by atoms with E-state index in [2.05, 4.69) is 10.6 Å². The molecular formula is C13H26ClN3O3. The topological polar surface area (TPSA) is 70.7 Å². The van der Waals surface area contributed by atoms with Crippen LogP contribution in [-0.2, 0) is 14.3 Å². The lowest BCUT2D eigenvalue weighted by Crippen LogP contribution is -2.47. The van der Waals surface area contributed by atoms with Crippen molar-refractivity contribution in [3.63, 3.8) is 0 Å². The molecule has 0 unspecified atom stereocenters. The maximum Gasteiger partial charge on any atom is 0.231 e. The Morgan fingerprint density at radius 2 is 1.90 bits per heavy atom. The Bertz CT molecular complexity index is 312. The van der Waals surface area contributed by atoms with E-state index in [1.54, 1.807) is 21.2 Å². The molecule has 1 rings (SSSR count). The predicted molar refractivity (Wildman–Crippen MR) is 80.0 cm³/mol. The second-order valence-corrected chi connectivity index (χ2v) is 5.42. The summed E-state index contributed by atoms with van der Waals surface area (Å²) in [7, 11) is 4.98. The van der Waals surface area contributed by atoms with Crippen LogP contribution >= 0.6 is 12.4 Å². The molecule has 20 heavy (non-hydrogen) atoms. The average molecular weight is 308 g/mol. The Hall–Kier alpha value is -0.850. The van der Waals surface area contributed by atoms with Crippen LogP contribution < -0.4 is 10.6 Å². The number of carbonyl (C=O) groups is 2. The lowest BCUT2D eigenvalue weighted by atomic mass is 9.79. The number of amides is 2. The highest BCUT2D eigenvalue weighted by Gasteiger charge is 2.32. The molecule has 1 aliphatic rings. The van der Waals surface area contributed by atoms with Crippen molar-refractivity contribution in [1.29, 1.82) is 0 Å². The van der Waals surface area contributed by atoms with Crippen molar-refractivity contribution in [2.45, 2.75) is 19.3 Å². The van der Waals surface area contributed by atoms with Gasteiger partial charge in [0.25, 0.3) is 0 Å². The fourth-order valence-electron chi connectivity index (χ4n) is 2.28. The average Bonchev–Trinajstić information content (AvgIpc) is 2.38. The summed E-state index contributed by atoms with van der Waals surface area (Å²) in [5.74, 6) is -0.392. The van der Waals surface area contributed by atoms with Crippen molar-refractivity contribution in [2.24, 2.45) is 5.41 Å². The van der Waals surface area contributed by atoms with Gasteiger partial charge in [0.05, 0.1) is 6.61 Å². The van der Waals surface area contributed by atoms with Gasteiger partial charge in [-0.15, -0.1) is 12.4 Å². The third-order valence-electron chi connectivity index (χ3n) is 3.59. The first-order valence-corrected chi connectivity index (χ1v) is 6.66. The predicted octanol–water partition coefficient (Wildman–Crippen LogP) is 0.0189. The summed E-state index contributed by atoms with van der Waals surface area (Å²) >= 11 is 0. The number of piperidine rings is 1. The first-order valence-electron chi connectivity index (χ1n) is 6.66. The third-order valence-corrected chi connectivity index (χ3v) is 3.59.